The van der Waals surface area contributed by atoms with Crippen LogP contribution in [-0.4, -0.2) is 28.4 Å². The summed E-state index contributed by atoms with van der Waals surface area (Å²) in [5, 5.41) is 13.7. The molecule has 0 aliphatic rings. The molecule has 1 aromatic carbocycles. The highest BCUT2D eigenvalue weighted by Gasteiger charge is 2.21. The van der Waals surface area contributed by atoms with Gasteiger partial charge in [0.15, 0.2) is 12.4 Å². The third-order valence-electron chi connectivity index (χ3n) is 3.02. The Morgan fingerprint density at radius 1 is 1.28 bits per heavy atom. The number of aryl methyl sites for hydroxylation is 1. The van der Waals surface area contributed by atoms with E-state index in [2.05, 4.69) is 10.3 Å². The van der Waals surface area contributed by atoms with Gasteiger partial charge in [-0.25, -0.2) is 9.78 Å². The number of hydrogen-bond donors (Lipinski definition) is 1. The third kappa shape index (κ3) is 4.65. The standard InChI is InChI=1S/C15H11Cl2N3O5/c1-8-10(16)6-11(17)14(18-8)19-13(21)7-25-15(22)9-4-2-3-5-12(9)20(23)24/h2-6H,7H2,1H3,(H,18,19,21). The fraction of sp³-hybridized carbons (Fsp3) is 0.133. The number of halogens is 2. The molecular formula is C15H11Cl2N3O5. The number of nitrogens with one attached hydrogen (secondary N) is 1. The van der Waals surface area contributed by atoms with Gasteiger partial charge in [-0.05, 0) is 19.1 Å². The van der Waals surface area contributed by atoms with Crippen molar-refractivity contribution in [2.45, 2.75) is 6.92 Å². The molecule has 0 fully saturated rings. The Bertz CT molecular complexity index is 857. The molecule has 0 spiro atoms. The molecule has 1 aromatic heterocycles. The number of hydrogen-bond acceptors (Lipinski definition) is 6. The fourth-order valence-electron chi connectivity index (χ4n) is 1.83. The molecule has 2 aromatic rings. The summed E-state index contributed by atoms with van der Waals surface area (Å²) in [7, 11) is 0. The third-order valence-corrected chi connectivity index (χ3v) is 3.69. The number of rotatable bonds is 5. The van der Waals surface area contributed by atoms with Crippen LogP contribution in [0.5, 0.6) is 0 Å². The van der Waals surface area contributed by atoms with Gasteiger partial charge >= 0.3 is 5.97 Å². The number of para-hydroxylation sites is 1. The molecular weight excluding hydrogens is 373 g/mol. The summed E-state index contributed by atoms with van der Waals surface area (Å²) in [6, 6.07) is 6.68. The minimum atomic E-state index is -0.992. The SMILES string of the molecule is Cc1nc(NC(=O)COC(=O)c2ccccc2[N+](=O)[O-])c(Cl)cc1Cl. The van der Waals surface area contributed by atoms with E-state index in [9.17, 15) is 19.7 Å². The van der Waals surface area contributed by atoms with Crippen molar-refractivity contribution in [3.63, 3.8) is 0 Å². The van der Waals surface area contributed by atoms with Crippen LogP contribution >= 0.6 is 23.2 Å². The quantitative estimate of drug-likeness (QED) is 0.481. The maximum absolute atomic E-state index is 11.9. The number of nitro groups is 1. The maximum atomic E-state index is 11.9. The van der Waals surface area contributed by atoms with Gasteiger partial charge in [0.2, 0.25) is 0 Å². The van der Waals surface area contributed by atoms with E-state index in [4.69, 9.17) is 27.9 Å². The molecule has 0 saturated heterocycles. The van der Waals surface area contributed by atoms with E-state index in [0.717, 1.165) is 6.07 Å². The van der Waals surface area contributed by atoms with Gasteiger partial charge in [-0.1, -0.05) is 35.3 Å². The normalized spacial score (nSPS) is 10.2. The lowest BCUT2D eigenvalue weighted by Crippen LogP contribution is -2.22. The smallest absolute Gasteiger partial charge is 0.345 e. The van der Waals surface area contributed by atoms with Crippen molar-refractivity contribution in [3.8, 4) is 0 Å². The summed E-state index contributed by atoms with van der Waals surface area (Å²) in [5.41, 5.74) is -0.206. The van der Waals surface area contributed by atoms with Crippen LogP contribution < -0.4 is 5.32 Å². The molecule has 25 heavy (non-hydrogen) atoms. The molecule has 0 unspecified atom stereocenters. The number of nitro benzene ring substituents is 1. The molecule has 0 bridgehead atoms. The van der Waals surface area contributed by atoms with Crippen LogP contribution in [0.3, 0.4) is 0 Å². The molecule has 130 valence electrons. The molecule has 1 heterocycles. The Morgan fingerprint density at radius 2 is 1.96 bits per heavy atom. The second-order valence-corrected chi connectivity index (χ2v) is 5.60. The molecule has 1 amide bonds. The highest BCUT2D eigenvalue weighted by atomic mass is 35.5. The van der Waals surface area contributed by atoms with Crippen LogP contribution in [-0.2, 0) is 9.53 Å². The summed E-state index contributed by atoms with van der Waals surface area (Å²) in [4.78, 5) is 38.0. The lowest BCUT2D eigenvalue weighted by atomic mass is 10.2. The topological polar surface area (TPSA) is 111 Å². The number of esters is 1. The summed E-state index contributed by atoms with van der Waals surface area (Å²) >= 11 is 11.8. The van der Waals surface area contributed by atoms with Gasteiger partial charge in [-0.15, -0.1) is 0 Å². The number of nitrogens with zero attached hydrogens (tertiary/aromatic N) is 2. The highest BCUT2D eigenvalue weighted by molar-refractivity contribution is 6.36. The second-order valence-electron chi connectivity index (χ2n) is 4.78. The molecule has 0 aliphatic carbocycles. The molecule has 8 nitrogen and oxygen atoms in total. The molecule has 0 atom stereocenters. The zero-order chi connectivity index (χ0) is 18.6. The first-order chi connectivity index (χ1) is 11.8. The number of benzene rings is 1. The van der Waals surface area contributed by atoms with Crippen molar-refractivity contribution < 1.29 is 19.2 Å². The van der Waals surface area contributed by atoms with Gasteiger partial charge in [0, 0.05) is 6.07 Å². The number of carbonyl (C=O) groups is 2. The molecule has 0 saturated carbocycles. The minimum absolute atomic E-state index is 0.0651. The Kier molecular flexibility index (Phi) is 5.89. The first-order valence-electron chi connectivity index (χ1n) is 6.82. The predicted octanol–water partition coefficient (Wildman–Crippen LogP) is 3.40. The summed E-state index contributed by atoms with van der Waals surface area (Å²) in [6.07, 6.45) is 0. The Morgan fingerprint density at radius 3 is 2.64 bits per heavy atom. The number of anilines is 1. The first kappa shape index (κ1) is 18.6. The summed E-state index contributed by atoms with van der Waals surface area (Å²) in [5.74, 6) is -1.63. The Labute approximate surface area is 151 Å². The summed E-state index contributed by atoms with van der Waals surface area (Å²) in [6.45, 7) is 0.966. The molecule has 10 heteroatoms. The fourth-order valence-corrected chi connectivity index (χ4v) is 2.23. The number of aromatic nitrogens is 1. The van der Waals surface area contributed by atoms with E-state index in [1.807, 2.05) is 0 Å². The van der Waals surface area contributed by atoms with Crippen molar-refractivity contribution in [1.29, 1.82) is 0 Å². The average Bonchev–Trinajstić information content (AvgIpc) is 2.57. The monoisotopic (exact) mass is 383 g/mol. The Hall–Kier alpha value is -2.71. The molecule has 0 radical (unpaired) electrons. The van der Waals surface area contributed by atoms with Crippen LogP contribution in [0.4, 0.5) is 11.5 Å². The van der Waals surface area contributed by atoms with E-state index < -0.39 is 29.1 Å². The Balaban J connectivity index is 2.02. The largest absolute Gasteiger partial charge is 0.452 e. The van der Waals surface area contributed by atoms with Crippen LogP contribution in [0, 0.1) is 17.0 Å². The van der Waals surface area contributed by atoms with Crippen LogP contribution in [0.25, 0.3) is 0 Å². The van der Waals surface area contributed by atoms with Gasteiger partial charge in [0.25, 0.3) is 11.6 Å². The van der Waals surface area contributed by atoms with Crippen molar-refractivity contribution in [2.24, 2.45) is 0 Å². The van der Waals surface area contributed by atoms with Gasteiger partial charge in [-0.3, -0.25) is 14.9 Å². The van der Waals surface area contributed by atoms with Crippen molar-refractivity contribution in [1.82, 2.24) is 4.98 Å². The van der Waals surface area contributed by atoms with Crippen LogP contribution in [0.1, 0.15) is 16.1 Å². The van der Waals surface area contributed by atoms with E-state index in [1.165, 1.54) is 24.3 Å². The first-order valence-corrected chi connectivity index (χ1v) is 7.58. The maximum Gasteiger partial charge on any atom is 0.345 e. The van der Waals surface area contributed by atoms with E-state index >= 15 is 0 Å². The van der Waals surface area contributed by atoms with Gasteiger partial charge in [0.1, 0.15) is 5.56 Å². The van der Waals surface area contributed by atoms with Gasteiger partial charge in [0.05, 0.1) is 20.7 Å². The predicted molar refractivity (Wildman–Crippen MR) is 91.0 cm³/mol. The van der Waals surface area contributed by atoms with E-state index in [0.29, 0.717) is 10.7 Å². The van der Waals surface area contributed by atoms with E-state index in [-0.39, 0.29) is 16.4 Å². The van der Waals surface area contributed by atoms with Gasteiger partial charge in [-0.2, -0.15) is 0 Å². The number of amides is 1. The average molecular weight is 384 g/mol. The zero-order valence-corrected chi connectivity index (χ0v) is 14.3. The van der Waals surface area contributed by atoms with Crippen LogP contribution in [0.2, 0.25) is 10.0 Å². The number of pyridine rings is 1. The number of ether oxygens (including phenoxy) is 1. The summed E-state index contributed by atoms with van der Waals surface area (Å²) < 4.78 is 4.79. The zero-order valence-electron chi connectivity index (χ0n) is 12.8. The van der Waals surface area contributed by atoms with Crippen LogP contribution in [0.15, 0.2) is 30.3 Å². The van der Waals surface area contributed by atoms with Gasteiger partial charge < -0.3 is 10.1 Å². The lowest BCUT2D eigenvalue weighted by Gasteiger charge is -2.09. The molecule has 2 rings (SSSR count). The second kappa shape index (κ2) is 7.91. The van der Waals surface area contributed by atoms with Crippen molar-refractivity contribution in [2.75, 3.05) is 11.9 Å². The molecule has 1 N–H and O–H groups in total. The minimum Gasteiger partial charge on any atom is -0.452 e. The van der Waals surface area contributed by atoms with Crippen molar-refractivity contribution >= 4 is 46.6 Å². The van der Waals surface area contributed by atoms with Crippen molar-refractivity contribution in [3.05, 3.63) is 61.7 Å². The number of carbonyl (C=O) groups excluding carboxylic acids is 2. The molecule has 0 aliphatic heterocycles. The lowest BCUT2D eigenvalue weighted by molar-refractivity contribution is -0.385. The highest BCUT2D eigenvalue weighted by Crippen LogP contribution is 2.25. The van der Waals surface area contributed by atoms with E-state index in [1.54, 1.807) is 6.92 Å².